The normalized spacial score (nSPS) is 18.4. The number of nitrogens with one attached hydrogen (secondary N) is 1. The third-order valence-electron chi connectivity index (χ3n) is 7.37. The summed E-state index contributed by atoms with van der Waals surface area (Å²) in [5.41, 5.74) is 3.48. The van der Waals surface area contributed by atoms with Crippen LogP contribution in [0.3, 0.4) is 0 Å². The Labute approximate surface area is 220 Å². The first-order valence-electron chi connectivity index (χ1n) is 13.4. The van der Waals surface area contributed by atoms with E-state index in [1.165, 1.54) is 12.0 Å². The maximum atomic E-state index is 11.7. The lowest BCUT2D eigenvalue weighted by Gasteiger charge is -2.24. The number of anilines is 1. The van der Waals surface area contributed by atoms with E-state index in [9.17, 15) is 9.90 Å². The fraction of sp³-hybridized carbons (Fsp3) is 0.586. The molecule has 8 nitrogen and oxygen atoms in total. The summed E-state index contributed by atoms with van der Waals surface area (Å²) in [6.07, 6.45) is 5.39. The summed E-state index contributed by atoms with van der Waals surface area (Å²) < 4.78 is 16.5. The van der Waals surface area contributed by atoms with Gasteiger partial charge in [-0.1, -0.05) is 18.2 Å². The van der Waals surface area contributed by atoms with Crippen molar-refractivity contribution >= 4 is 11.8 Å². The number of carbonyl (C=O) groups is 1. The second-order valence-corrected chi connectivity index (χ2v) is 10.3. The molecule has 0 amide bonds. The van der Waals surface area contributed by atoms with E-state index in [2.05, 4.69) is 22.3 Å². The highest BCUT2D eigenvalue weighted by atomic mass is 16.6. The van der Waals surface area contributed by atoms with E-state index in [0.717, 1.165) is 68.9 Å². The second kappa shape index (κ2) is 13.7. The molecule has 1 fully saturated rings. The molecule has 0 aliphatic carbocycles. The Balaban J connectivity index is 1.33. The van der Waals surface area contributed by atoms with Crippen molar-refractivity contribution in [3.63, 3.8) is 0 Å². The Morgan fingerprint density at radius 3 is 2.84 bits per heavy atom. The number of fused-ring (bicyclic) bond motifs is 1. The number of benzene rings is 1. The topological polar surface area (TPSA) is 93.2 Å². The number of pyridine rings is 1. The molecule has 2 unspecified atom stereocenters. The lowest BCUT2D eigenvalue weighted by molar-refractivity contribution is -0.137. The average molecular weight is 512 g/mol. The Hall–Kier alpha value is -2.68. The molecule has 3 heterocycles. The van der Waals surface area contributed by atoms with Crippen molar-refractivity contribution in [1.82, 2.24) is 9.88 Å². The molecule has 1 saturated heterocycles. The number of rotatable bonds is 14. The number of carboxylic acid groups (broad SMARTS) is 1. The molecule has 1 aromatic heterocycles. The summed E-state index contributed by atoms with van der Waals surface area (Å²) >= 11 is 0. The van der Waals surface area contributed by atoms with Gasteiger partial charge in [0.2, 0.25) is 0 Å². The van der Waals surface area contributed by atoms with E-state index in [-0.39, 0.29) is 18.4 Å². The predicted molar refractivity (Wildman–Crippen MR) is 144 cm³/mol. The summed E-state index contributed by atoms with van der Waals surface area (Å²) in [5.74, 6) is 1.50. The van der Waals surface area contributed by atoms with Crippen molar-refractivity contribution in [2.45, 2.75) is 50.5 Å². The second-order valence-electron chi connectivity index (χ2n) is 10.3. The number of hydrogen-bond acceptors (Lipinski definition) is 7. The number of aliphatic carboxylic acids is 1. The molecule has 0 saturated carbocycles. The number of ether oxygens (including phenoxy) is 3. The van der Waals surface area contributed by atoms with Crippen LogP contribution in [0.1, 0.15) is 48.4 Å². The monoisotopic (exact) mass is 511 g/mol. The van der Waals surface area contributed by atoms with Crippen LogP contribution in [-0.2, 0) is 27.1 Å². The lowest BCUT2D eigenvalue weighted by atomic mass is 9.94. The molecule has 4 rings (SSSR count). The summed E-state index contributed by atoms with van der Waals surface area (Å²) in [4.78, 5) is 19.0. The smallest absolute Gasteiger partial charge is 0.304 e. The Bertz CT molecular complexity index is 1010. The standard InChI is InChI=1S/C29H41N3O5/c1-35-19-27(20-36-2)37-26-7-3-5-23(15-26)24(16-28(33)34)18-32-14-12-21(17-32)8-10-25-11-9-22-6-4-13-30-29(22)31-25/h3,5,7,9,11,15,21,24,27H,4,6,8,10,12-14,16-20H2,1-2H3,(H,30,31)(H,33,34). The highest BCUT2D eigenvalue weighted by Crippen LogP contribution is 2.29. The van der Waals surface area contributed by atoms with Gasteiger partial charge in [-0.2, -0.15) is 0 Å². The summed E-state index contributed by atoms with van der Waals surface area (Å²) in [5, 5.41) is 13.1. The Morgan fingerprint density at radius 2 is 2.05 bits per heavy atom. The van der Waals surface area contributed by atoms with Gasteiger partial charge in [0.05, 0.1) is 19.6 Å². The quantitative estimate of drug-likeness (QED) is 0.393. The zero-order valence-corrected chi connectivity index (χ0v) is 22.2. The minimum absolute atomic E-state index is 0.0935. The first kappa shape index (κ1) is 27.4. The van der Waals surface area contributed by atoms with Gasteiger partial charge in [-0.05, 0) is 73.9 Å². The van der Waals surface area contributed by atoms with Crippen molar-refractivity contribution in [3.8, 4) is 5.75 Å². The molecule has 2 atom stereocenters. The molecular formula is C29H41N3O5. The minimum atomic E-state index is -0.782. The Kier molecular flexibility index (Phi) is 10.2. The van der Waals surface area contributed by atoms with Gasteiger partial charge in [-0.3, -0.25) is 4.79 Å². The molecule has 2 aliphatic heterocycles. The van der Waals surface area contributed by atoms with Crippen molar-refractivity contribution < 1.29 is 24.1 Å². The van der Waals surface area contributed by atoms with Gasteiger partial charge < -0.3 is 29.5 Å². The van der Waals surface area contributed by atoms with Gasteiger partial charge in [-0.25, -0.2) is 4.98 Å². The van der Waals surface area contributed by atoms with Crippen molar-refractivity contribution in [2.24, 2.45) is 5.92 Å². The lowest BCUT2D eigenvalue weighted by Crippen LogP contribution is -2.28. The molecule has 202 valence electrons. The van der Waals surface area contributed by atoms with Gasteiger partial charge >= 0.3 is 5.97 Å². The number of aromatic nitrogens is 1. The molecule has 8 heteroatoms. The van der Waals surface area contributed by atoms with Crippen LogP contribution in [0.5, 0.6) is 5.75 Å². The maximum absolute atomic E-state index is 11.7. The van der Waals surface area contributed by atoms with Crippen LogP contribution < -0.4 is 10.1 Å². The molecule has 2 aliphatic rings. The van der Waals surface area contributed by atoms with Crippen LogP contribution in [0.15, 0.2) is 36.4 Å². The fourth-order valence-electron chi connectivity index (χ4n) is 5.51. The van der Waals surface area contributed by atoms with Gasteiger partial charge in [0.25, 0.3) is 0 Å². The van der Waals surface area contributed by atoms with Crippen molar-refractivity contribution in [3.05, 3.63) is 53.2 Å². The largest absolute Gasteiger partial charge is 0.486 e. The highest BCUT2D eigenvalue weighted by Gasteiger charge is 2.27. The highest BCUT2D eigenvalue weighted by molar-refractivity contribution is 5.68. The van der Waals surface area contributed by atoms with Gasteiger partial charge in [0, 0.05) is 45.5 Å². The van der Waals surface area contributed by atoms with Crippen LogP contribution >= 0.6 is 0 Å². The van der Waals surface area contributed by atoms with Gasteiger partial charge in [0.15, 0.2) is 0 Å². The van der Waals surface area contributed by atoms with Crippen molar-refractivity contribution in [2.75, 3.05) is 58.9 Å². The third-order valence-corrected chi connectivity index (χ3v) is 7.37. The first-order chi connectivity index (χ1) is 18.0. The fourth-order valence-corrected chi connectivity index (χ4v) is 5.51. The summed E-state index contributed by atoms with van der Waals surface area (Å²) in [7, 11) is 3.27. The molecular weight excluding hydrogens is 470 g/mol. The average Bonchev–Trinajstić information content (AvgIpc) is 3.34. The van der Waals surface area contributed by atoms with Crippen LogP contribution in [0, 0.1) is 5.92 Å². The first-order valence-corrected chi connectivity index (χ1v) is 13.4. The van der Waals surface area contributed by atoms with E-state index in [4.69, 9.17) is 19.2 Å². The van der Waals surface area contributed by atoms with Crippen molar-refractivity contribution in [1.29, 1.82) is 0 Å². The number of carboxylic acids is 1. The maximum Gasteiger partial charge on any atom is 0.304 e. The number of methoxy groups -OCH3 is 2. The van der Waals surface area contributed by atoms with Crippen LogP contribution in [-0.4, -0.2) is 80.7 Å². The molecule has 0 radical (unpaired) electrons. The minimum Gasteiger partial charge on any atom is -0.486 e. The van der Waals surface area contributed by atoms with E-state index in [1.54, 1.807) is 14.2 Å². The SMILES string of the molecule is COCC(COC)Oc1cccc(C(CC(=O)O)CN2CCC(CCc3ccc4c(n3)NCCC4)C2)c1. The number of likely N-dealkylation sites (tertiary alicyclic amines) is 1. The zero-order chi connectivity index (χ0) is 26.0. The van der Waals surface area contributed by atoms with Crippen LogP contribution in [0.4, 0.5) is 5.82 Å². The molecule has 0 bridgehead atoms. The molecule has 37 heavy (non-hydrogen) atoms. The number of aryl methyl sites for hydroxylation is 2. The zero-order valence-electron chi connectivity index (χ0n) is 22.2. The van der Waals surface area contributed by atoms with E-state index in [1.807, 2.05) is 24.3 Å². The van der Waals surface area contributed by atoms with E-state index >= 15 is 0 Å². The molecule has 0 spiro atoms. The summed E-state index contributed by atoms with van der Waals surface area (Å²) in [6, 6.07) is 12.2. The molecule has 2 N–H and O–H groups in total. The van der Waals surface area contributed by atoms with E-state index in [0.29, 0.717) is 24.9 Å². The van der Waals surface area contributed by atoms with Crippen LogP contribution in [0.2, 0.25) is 0 Å². The van der Waals surface area contributed by atoms with Crippen LogP contribution in [0.25, 0.3) is 0 Å². The Morgan fingerprint density at radius 1 is 1.22 bits per heavy atom. The molecule has 1 aromatic carbocycles. The third kappa shape index (κ3) is 8.15. The summed E-state index contributed by atoms with van der Waals surface area (Å²) in [6.45, 7) is 4.58. The van der Waals surface area contributed by atoms with E-state index < -0.39 is 5.97 Å². The number of hydrogen-bond donors (Lipinski definition) is 2. The van der Waals surface area contributed by atoms with Gasteiger partial charge in [-0.15, -0.1) is 0 Å². The molecule has 2 aromatic rings. The number of nitrogens with zero attached hydrogens (tertiary/aromatic N) is 2. The van der Waals surface area contributed by atoms with Gasteiger partial charge in [0.1, 0.15) is 17.7 Å². The predicted octanol–water partition coefficient (Wildman–Crippen LogP) is 3.99.